The Morgan fingerprint density at radius 1 is 0.788 bits per heavy atom. The molecule has 33 heavy (non-hydrogen) atoms. The lowest BCUT2D eigenvalue weighted by molar-refractivity contribution is -0.159. The molecule has 6 bridgehead atoms. The number of aliphatic hydroxyl groups excluding tert-OH is 1. The molecule has 0 amide bonds. The second-order valence-corrected chi connectivity index (χ2v) is 11.1. The Morgan fingerprint density at radius 2 is 1.55 bits per heavy atom. The van der Waals surface area contributed by atoms with Crippen molar-refractivity contribution in [1.29, 1.82) is 0 Å². The summed E-state index contributed by atoms with van der Waals surface area (Å²) in [5.41, 5.74) is 1.85. The topological polar surface area (TPSA) is 26.7 Å². The van der Waals surface area contributed by atoms with E-state index in [0.29, 0.717) is 17.9 Å². The number of allylic oxidation sites excluding steroid dienone is 7. The summed E-state index contributed by atoms with van der Waals surface area (Å²) >= 11 is 0. The van der Waals surface area contributed by atoms with Gasteiger partial charge in [0.25, 0.3) is 0 Å². The minimum atomic E-state index is -0.191. The average molecular weight is 449 g/mol. The molecule has 2 saturated heterocycles. The Bertz CT molecular complexity index is 808. The first kappa shape index (κ1) is 23.3. The minimum absolute atomic E-state index is 0.173. The summed E-state index contributed by atoms with van der Waals surface area (Å²) < 4.78 is 0. The molecule has 1 N–H and O–H groups in total. The molecule has 0 aromatic carbocycles. The predicted octanol–water partition coefficient (Wildman–Crippen LogP) is 5.66. The van der Waals surface area contributed by atoms with Gasteiger partial charge < -0.3 is 10.0 Å². The lowest BCUT2D eigenvalue weighted by atomic mass is 9.51. The Balaban J connectivity index is 1.53. The highest BCUT2D eigenvalue weighted by Gasteiger charge is 2.61. The molecule has 0 aromatic heterocycles. The van der Waals surface area contributed by atoms with E-state index >= 15 is 0 Å². The molecule has 1 aliphatic carbocycles. The normalized spacial score (nSPS) is 45.8. The third kappa shape index (κ3) is 5.01. The first-order valence-corrected chi connectivity index (χ1v) is 13.7. The van der Waals surface area contributed by atoms with Gasteiger partial charge in [-0.1, -0.05) is 60.3 Å². The summed E-state index contributed by atoms with van der Waals surface area (Å²) in [7, 11) is 0. The number of nitrogens with zero attached hydrogens (tertiary/aromatic N) is 2. The number of aliphatic hydroxyl groups is 1. The molecule has 2 fully saturated rings. The largest absolute Gasteiger partial charge is 0.391 e. The Kier molecular flexibility index (Phi) is 7.69. The molecule has 6 aliphatic rings. The van der Waals surface area contributed by atoms with Crippen molar-refractivity contribution < 1.29 is 5.11 Å². The van der Waals surface area contributed by atoms with Crippen molar-refractivity contribution in [1.82, 2.24) is 9.80 Å². The third-order valence-corrected chi connectivity index (χ3v) is 8.90. The maximum Gasteiger partial charge on any atom is 0.0707 e. The molecule has 180 valence electrons. The van der Waals surface area contributed by atoms with Crippen molar-refractivity contribution in [3.8, 4) is 0 Å². The van der Waals surface area contributed by atoms with Crippen molar-refractivity contribution in [2.24, 2.45) is 17.3 Å². The van der Waals surface area contributed by atoms with Gasteiger partial charge in [0.2, 0.25) is 0 Å². The van der Waals surface area contributed by atoms with Crippen LogP contribution in [0.2, 0.25) is 0 Å². The first-order chi connectivity index (χ1) is 16.3. The molecule has 6 rings (SSSR count). The van der Waals surface area contributed by atoms with E-state index in [4.69, 9.17) is 0 Å². The van der Waals surface area contributed by atoms with Crippen molar-refractivity contribution in [3.05, 3.63) is 60.3 Å². The van der Waals surface area contributed by atoms with Crippen LogP contribution >= 0.6 is 0 Å². The van der Waals surface area contributed by atoms with Gasteiger partial charge in [-0.2, -0.15) is 0 Å². The van der Waals surface area contributed by atoms with E-state index in [9.17, 15) is 5.11 Å². The van der Waals surface area contributed by atoms with E-state index in [-0.39, 0.29) is 11.5 Å². The van der Waals surface area contributed by atoms with Crippen LogP contribution in [0.4, 0.5) is 0 Å². The predicted molar refractivity (Wildman–Crippen MR) is 138 cm³/mol. The monoisotopic (exact) mass is 448 g/mol. The lowest BCUT2D eigenvalue weighted by Gasteiger charge is -2.65. The lowest BCUT2D eigenvalue weighted by Crippen LogP contribution is -2.72. The summed E-state index contributed by atoms with van der Waals surface area (Å²) in [4.78, 5) is 5.47. The zero-order valence-electron chi connectivity index (χ0n) is 20.5. The highest BCUT2D eigenvalue weighted by Crippen LogP contribution is 2.57. The van der Waals surface area contributed by atoms with Crippen molar-refractivity contribution >= 4 is 0 Å². The number of fused-ring (bicyclic) bond motifs is 1. The molecule has 5 heterocycles. The highest BCUT2D eigenvalue weighted by molar-refractivity contribution is 5.31. The summed E-state index contributed by atoms with van der Waals surface area (Å²) in [6.07, 6.45) is 33.0. The summed E-state index contributed by atoms with van der Waals surface area (Å²) in [6.45, 7) is 5.46. The molecule has 0 radical (unpaired) electrons. The second-order valence-electron chi connectivity index (χ2n) is 11.1. The Hall–Kier alpha value is -1.42. The van der Waals surface area contributed by atoms with E-state index in [1.54, 1.807) is 5.57 Å². The van der Waals surface area contributed by atoms with Crippen LogP contribution in [-0.4, -0.2) is 59.8 Å². The van der Waals surface area contributed by atoms with Crippen LogP contribution in [0.15, 0.2) is 60.3 Å². The van der Waals surface area contributed by atoms with Crippen LogP contribution in [0.3, 0.4) is 0 Å². The molecule has 3 heteroatoms. The highest BCUT2D eigenvalue weighted by atomic mass is 16.3. The minimum Gasteiger partial charge on any atom is -0.391 e. The van der Waals surface area contributed by atoms with Crippen LogP contribution < -0.4 is 0 Å². The molecule has 2 unspecified atom stereocenters. The van der Waals surface area contributed by atoms with Gasteiger partial charge in [0.1, 0.15) is 0 Å². The average Bonchev–Trinajstić information content (AvgIpc) is 2.80. The molecule has 0 aromatic rings. The molecule has 3 nitrogen and oxygen atoms in total. The fraction of sp³-hybridized carbons (Fsp3) is 0.667. The smallest absolute Gasteiger partial charge is 0.0707 e. The van der Waals surface area contributed by atoms with Crippen molar-refractivity contribution in [2.45, 2.75) is 76.4 Å². The van der Waals surface area contributed by atoms with E-state index in [2.05, 4.69) is 64.5 Å². The van der Waals surface area contributed by atoms with Gasteiger partial charge >= 0.3 is 0 Å². The molecule has 0 saturated carbocycles. The number of hydrogen-bond acceptors (Lipinski definition) is 3. The maximum absolute atomic E-state index is 11.6. The first-order valence-electron chi connectivity index (χ1n) is 13.7. The zero-order valence-corrected chi connectivity index (χ0v) is 20.5. The van der Waals surface area contributed by atoms with Crippen LogP contribution in [0, 0.1) is 17.3 Å². The number of hydrogen-bond donors (Lipinski definition) is 1. The van der Waals surface area contributed by atoms with Crippen molar-refractivity contribution in [2.75, 3.05) is 32.7 Å². The van der Waals surface area contributed by atoms with Crippen LogP contribution in [0.5, 0.6) is 0 Å². The van der Waals surface area contributed by atoms with E-state index in [1.165, 1.54) is 45.1 Å². The maximum atomic E-state index is 11.6. The SMILES string of the molecule is O[C@@H]1CN2CCCC/C=C\CCC3=C[C@@H]4CN5CC/C=C\C/C=C\C/C=C\CC[C@@](C2)([C@H]14)[C@@H]35. The van der Waals surface area contributed by atoms with E-state index in [0.717, 1.165) is 51.9 Å². The summed E-state index contributed by atoms with van der Waals surface area (Å²) in [5, 5.41) is 11.6. The van der Waals surface area contributed by atoms with Gasteiger partial charge in [-0.05, 0) is 76.7 Å². The quantitative estimate of drug-likeness (QED) is 0.485. The van der Waals surface area contributed by atoms with Gasteiger partial charge in [0.15, 0.2) is 0 Å². The van der Waals surface area contributed by atoms with Crippen LogP contribution in [0.25, 0.3) is 0 Å². The Labute approximate surface area is 201 Å². The molecular weight excluding hydrogens is 404 g/mol. The molecule has 5 aliphatic heterocycles. The van der Waals surface area contributed by atoms with Crippen molar-refractivity contribution in [3.63, 3.8) is 0 Å². The summed E-state index contributed by atoms with van der Waals surface area (Å²) in [5.74, 6) is 0.917. The van der Waals surface area contributed by atoms with E-state index in [1.807, 2.05) is 0 Å². The zero-order chi connectivity index (χ0) is 22.5. The molecule has 1 spiro atoms. The Morgan fingerprint density at radius 3 is 2.42 bits per heavy atom. The number of piperidine rings is 2. The summed E-state index contributed by atoms with van der Waals surface area (Å²) in [6, 6.07) is 0.490. The van der Waals surface area contributed by atoms with Crippen LogP contribution in [0.1, 0.15) is 64.2 Å². The standard InChI is InChI=1S/C30H44N2O/c33-27-23-31-19-15-11-8-5-9-13-17-25-21-26-22-32-20-16-12-7-4-2-1-3-6-10-14-18-30(24-31,28(26)27)29(25)32/h1-2,5-7,9-10,12,21,26-29,33H,3-4,8,11,13-20,22-24H2/b2-1-,9-5-,10-6-,12-7-/t26-,27-,28+,29-,30-/m1/s1. The van der Waals surface area contributed by atoms with Gasteiger partial charge in [0, 0.05) is 43.6 Å². The molecular formula is C30H44N2O. The van der Waals surface area contributed by atoms with Gasteiger partial charge in [-0.3, -0.25) is 4.90 Å². The number of rotatable bonds is 0. The fourth-order valence-electron chi connectivity index (χ4n) is 7.75. The van der Waals surface area contributed by atoms with Crippen LogP contribution in [-0.2, 0) is 0 Å². The molecule has 7 atom stereocenters. The third-order valence-electron chi connectivity index (χ3n) is 8.90. The van der Waals surface area contributed by atoms with E-state index < -0.39 is 0 Å². The van der Waals surface area contributed by atoms with Gasteiger partial charge in [-0.25, -0.2) is 0 Å². The van der Waals surface area contributed by atoms with Gasteiger partial charge in [-0.15, -0.1) is 0 Å². The second kappa shape index (κ2) is 10.9. The van der Waals surface area contributed by atoms with Gasteiger partial charge in [0.05, 0.1) is 6.10 Å². The fourth-order valence-corrected chi connectivity index (χ4v) is 7.75.